The van der Waals surface area contributed by atoms with Crippen LogP contribution in [0.3, 0.4) is 0 Å². The number of aryl methyl sites for hydroxylation is 1. The summed E-state index contributed by atoms with van der Waals surface area (Å²) < 4.78 is 5.84. The van der Waals surface area contributed by atoms with E-state index in [1.807, 2.05) is 49.4 Å². The number of benzene rings is 3. The molecular weight excluding hydrogens is 322 g/mol. The van der Waals surface area contributed by atoms with Crippen LogP contribution in [0.2, 0.25) is 5.02 Å². The first-order chi connectivity index (χ1) is 11.6. The third-order valence-electron chi connectivity index (χ3n) is 3.55. The van der Waals surface area contributed by atoms with Crippen molar-refractivity contribution in [2.75, 3.05) is 5.32 Å². The molecule has 0 unspecified atom stereocenters. The molecule has 1 amide bonds. The van der Waals surface area contributed by atoms with E-state index in [9.17, 15) is 4.79 Å². The first-order valence-electron chi connectivity index (χ1n) is 7.53. The van der Waals surface area contributed by atoms with E-state index in [4.69, 9.17) is 16.3 Å². The fourth-order valence-electron chi connectivity index (χ4n) is 2.28. The van der Waals surface area contributed by atoms with Crippen LogP contribution in [0.25, 0.3) is 0 Å². The van der Waals surface area contributed by atoms with E-state index < -0.39 is 0 Å². The molecule has 0 heterocycles. The van der Waals surface area contributed by atoms with Crippen LogP contribution < -0.4 is 10.1 Å². The summed E-state index contributed by atoms with van der Waals surface area (Å²) in [5.74, 6) is 0.935. The number of hydrogen-bond donors (Lipinski definition) is 1. The lowest BCUT2D eigenvalue weighted by atomic mass is 10.1. The predicted molar refractivity (Wildman–Crippen MR) is 97.1 cm³/mol. The van der Waals surface area contributed by atoms with Crippen LogP contribution in [-0.4, -0.2) is 5.91 Å². The molecule has 0 aliphatic carbocycles. The molecule has 0 spiro atoms. The normalized spacial score (nSPS) is 10.2. The Morgan fingerprint density at radius 2 is 1.67 bits per heavy atom. The van der Waals surface area contributed by atoms with Gasteiger partial charge in [0.05, 0.1) is 5.56 Å². The number of anilines is 1. The quantitative estimate of drug-likeness (QED) is 0.663. The van der Waals surface area contributed by atoms with E-state index in [0.717, 1.165) is 5.56 Å². The van der Waals surface area contributed by atoms with Gasteiger partial charge in [-0.2, -0.15) is 0 Å². The average molecular weight is 338 g/mol. The van der Waals surface area contributed by atoms with Gasteiger partial charge in [0.15, 0.2) is 0 Å². The number of halogens is 1. The van der Waals surface area contributed by atoms with Crippen LogP contribution in [0.1, 0.15) is 15.9 Å². The van der Waals surface area contributed by atoms with Crippen molar-refractivity contribution in [2.45, 2.75) is 6.92 Å². The molecule has 3 aromatic carbocycles. The number of carbonyl (C=O) groups excluding carboxylic acids is 1. The maximum Gasteiger partial charge on any atom is 0.259 e. The summed E-state index contributed by atoms with van der Waals surface area (Å²) in [5.41, 5.74) is 2.08. The topological polar surface area (TPSA) is 38.3 Å². The Kier molecular flexibility index (Phi) is 4.82. The van der Waals surface area contributed by atoms with Crippen molar-refractivity contribution in [1.29, 1.82) is 0 Å². The fraction of sp³-hybridized carbons (Fsp3) is 0.0500. The van der Waals surface area contributed by atoms with Gasteiger partial charge in [0.2, 0.25) is 0 Å². The van der Waals surface area contributed by atoms with Crippen molar-refractivity contribution in [3.8, 4) is 11.5 Å². The van der Waals surface area contributed by atoms with Crippen LogP contribution in [0.5, 0.6) is 11.5 Å². The van der Waals surface area contributed by atoms with E-state index in [1.54, 1.807) is 30.3 Å². The van der Waals surface area contributed by atoms with Gasteiger partial charge in [-0.05, 0) is 48.9 Å². The molecule has 24 heavy (non-hydrogen) atoms. The molecule has 4 heteroatoms. The molecule has 0 radical (unpaired) electrons. The highest BCUT2D eigenvalue weighted by molar-refractivity contribution is 6.31. The highest BCUT2D eigenvalue weighted by Gasteiger charge is 2.14. The summed E-state index contributed by atoms with van der Waals surface area (Å²) >= 11 is 6.01. The van der Waals surface area contributed by atoms with Gasteiger partial charge in [-0.3, -0.25) is 4.79 Å². The van der Waals surface area contributed by atoms with E-state index in [0.29, 0.717) is 27.8 Å². The number of carbonyl (C=O) groups is 1. The zero-order chi connectivity index (χ0) is 16.9. The van der Waals surface area contributed by atoms with E-state index >= 15 is 0 Å². The van der Waals surface area contributed by atoms with Gasteiger partial charge in [0.25, 0.3) is 5.91 Å². The summed E-state index contributed by atoms with van der Waals surface area (Å²) in [7, 11) is 0. The first kappa shape index (κ1) is 16.1. The Labute approximate surface area is 145 Å². The second kappa shape index (κ2) is 7.20. The molecule has 0 saturated carbocycles. The van der Waals surface area contributed by atoms with Crippen LogP contribution in [-0.2, 0) is 0 Å². The molecule has 3 rings (SSSR count). The number of ether oxygens (including phenoxy) is 1. The van der Waals surface area contributed by atoms with E-state index in [-0.39, 0.29) is 5.91 Å². The van der Waals surface area contributed by atoms with Crippen molar-refractivity contribution in [1.82, 2.24) is 0 Å². The fourth-order valence-corrected chi connectivity index (χ4v) is 2.45. The minimum absolute atomic E-state index is 0.244. The van der Waals surface area contributed by atoms with Crippen LogP contribution in [0.15, 0.2) is 72.8 Å². The van der Waals surface area contributed by atoms with Crippen LogP contribution in [0, 0.1) is 6.92 Å². The summed E-state index contributed by atoms with van der Waals surface area (Å²) in [6.07, 6.45) is 0. The third-order valence-corrected chi connectivity index (χ3v) is 3.79. The number of nitrogens with one attached hydrogen (secondary N) is 1. The number of rotatable bonds is 4. The monoisotopic (exact) mass is 337 g/mol. The van der Waals surface area contributed by atoms with Crippen molar-refractivity contribution >= 4 is 23.2 Å². The zero-order valence-electron chi connectivity index (χ0n) is 13.1. The summed E-state index contributed by atoms with van der Waals surface area (Å²) in [6, 6.07) is 21.9. The van der Waals surface area contributed by atoms with Crippen molar-refractivity contribution < 1.29 is 9.53 Å². The predicted octanol–water partition coefficient (Wildman–Crippen LogP) is 5.69. The lowest BCUT2D eigenvalue weighted by molar-refractivity contribution is 0.102. The smallest absolute Gasteiger partial charge is 0.259 e. The lowest BCUT2D eigenvalue weighted by Gasteiger charge is -2.13. The van der Waals surface area contributed by atoms with Crippen LogP contribution >= 0.6 is 11.6 Å². The molecule has 0 atom stereocenters. The molecule has 0 aliphatic rings. The third kappa shape index (κ3) is 3.76. The Morgan fingerprint density at radius 1 is 0.958 bits per heavy atom. The Balaban J connectivity index is 1.86. The van der Waals surface area contributed by atoms with Crippen molar-refractivity contribution in [3.05, 3.63) is 88.9 Å². The van der Waals surface area contributed by atoms with Gasteiger partial charge in [0, 0.05) is 10.7 Å². The Hall–Kier alpha value is -2.78. The van der Waals surface area contributed by atoms with Gasteiger partial charge >= 0.3 is 0 Å². The summed E-state index contributed by atoms with van der Waals surface area (Å²) in [4.78, 5) is 12.7. The van der Waals surface area contributed by atoms with Gasteiger partial charge in [-0.1, -0.05) is 48.0 Å². The highest BCUT2D eigenvalue weighted by Crippen LogP contribution is 2.27. The molecule has 0 saturated heterocycles. The van der Waals surface area contributed by atoms with Gasteiger partial charge < -0.3 is 10.1 Å². The van der Waals surface area contributed by atoms with Gasteiger partial charge in [-0.15, -0.1) is 0 Å². The molecule has 0 fully saturated rings. The van der Waals surface area contributed by atoms with E-state index in [2.05, 4.69) is 5.32 Å². The highest BCUT2D eigenvalue weighted by atomic mass is 35.5. The SMILES string of the molecule is Cc1ccc(Cl)cc1NC(=O)c1ccccc1Oc1ccccc1. The standard InChI is InChI=1S/C20H16ClNO2/c1-14-11-12-15(21)13-18(14)22-20(23)17-9-5-6-10-19(17)24-16-7-3-2-4-8-16/h2-13H,1H3,(H,22,23). The van der Waals surface area contributed by atoms with Gasteiger partial charge in [-0.25, -0.2) is 0 Å². The Morgan fingerprint density at radius 3 is 2.46 bits per heavy atom. The second-order valence-corrected chi connectivity index (χ2v) is 5.76. The molecule has 3 nitrogen and oxygen atoms in total. The van der Waals surface area contributed by atoms with Crippen molar-refractivity contribution in [2.24, 2.45) is 0 Å². The zero-order valence-corrected chi connectivity index (χ0v) is 13.9. The Bertz CT molecular complexity index is 863. The minimum atomic E-state index is -0.244. The second-order valence-electron chi connectivity index (χ2n) is 5.32. The molecule has 1 N–H and O–H groups in total. The molecule has 120 valence electrons. The van der Waals surface area contributed by atoms with E-state index in [1.165, 1.54) is 0 Å². The van der Waals surface area contributed by atoms with Crippen molar-refractivity contribution in [3.63, 3.8) is 0 Å². The average Bonchev–Trinajstić information content (AvgIpc) is 2.59. The largest absolute Gasteiger partial charge is 0.457 e. The minimum Gasteiger partial charge on any atom is -0.457 e. The lowest BCUT2D eigenvalue weighted by Crippen LogP contribution is -2.13. The molecule has 0 aliphatic heterocycles. The maximum absolute atomic E-state index is 12.7. The summed E-state index contributed by atoms with van der Waals surface area (Å²) in [5, 5.41) is 3.46. The number of amides is 1. The maximum atomic E-state index is 12.7. The van der Waals surface area contributed by atoms with Gasteiger partial charge in [0.1, 0.15) is 11.5 Å². The first-order valence-corrected chi connectivity index (χ1v) is 7.91. The molecule has 0 bridgehead atoms. The molecular formula is C20H16ClNO2. The number of para-hydroxylation sites is 2. The van der Waals surface area contributed by atoms with Crippen LogP contribution in [0.4, 0.5) is 5.69 Å². The molecule has 3 aromatic rings. The summed E-state index contributed by atoms with van der Waals surface area (Å²) in [6.45, 7) is 1.91. The molecule has 0 aromatic heterocycles. The number of hydrogen-bond acceptors (Lipinski definition) is 2.